The van der Waals surface area contributed by atoms with Crippen LogP contribution in [-0.4, -0.2) is 44.8 Å². The maximum absolute atomic E-state index is 13.2. The number of nitrogens with one attached hydrogen (secondary N) is 2. The van der Waals surface area contributed by atoms with E-state index in [1.165, 1.54) is 6.07 Å². The molecule has 0 aliphatic carbocycles. The van der Waals surface area contributed by atoms with Gasteiger partial charge in [0.25, 0.3) is 5.91 Å². The summed E-state index contributed by atoms with van der Waals surface area (Å²) in [5.74, 6) is -2.33. The van der Waals surface area contributed by atoms with E-state index in [2.05, 4.69) is 16.6 Å². The van der Waals surface area contributed by atoms with E-state index >= 15 is 0 Å². The summed E-state index contributed by atoms with van der Waals surface area (Å²) in [6.07, 6.45) is 0.773. The van der Waals surface area contributed by atoms with Gasteiger partial charge in [-0.2, -0.15) is 0 Å². The number of carbonyl (C=O) groups is 2. The predicted octanol–water partition coefficient (Wildman–Crippen LogP) is 2.35. The molecule has 2 N–H and O–H groups in total. The number of halogens is 2. The molecule has 10 heteroatoms. The lowest BCUT2D eigenvalue weighted by Crippen LogP contribution is -2.32. The molecule has 0 bridgehead atoms. The molecule has 2 amide bonds. The summed E-state index contributed by atoms with van der Waals surface area (Å²) in [6.45, 7) is 4.56. The van der Waals surface area contributed by atoms with Gasteiger partial charge in [-0.3, -0.25) is 9.59 Å². The lowest BCUT2D eigenvalue weighted by molar-refractivity contribution is -0.120. The molecule has 0 aromatic heterocycles. The minimum atomic E-state index is -3.49. The fraction of sp³-hybridized carbons (Fsp3) is 0.304. The Morgan fingerprint density at radius 1 is 1.09 bits per heavy atom. The molecule has 1 saturated heterocycles. The SMILES string of the molecule is C=CS(=O)(=O)NC[C@H]1CCN(C(=O)c2ccc(CC(=O)NCc3ccc(F)c(F)c3)cc2)C1. The van der Waals surface area contributed by atoms with Crippen molar-refractivity contribution in [2.24, 2.45) is 5.92 Å². The first-order chi connectivity index (χ1) is 15.7. The Hall–Kier alpha value is -3.11. The van der Waals surface area contributed by atoms with Crippen LogP contribution in [-0.2, 0) is 27.8 Å². The van der Waals surface area contributed by atoms with Gasteiger partial charge in [-0.25, -0.2) is 21.9 Å². The summed E-state index contributed by atoms with van der Waals surface area (Å²) in [5.41, 5.74) is 1.63. The van der Waals surface area contributed by atoms with Gasteiger partial charge in [-0.05, 0) is 47.7 Å². The highest BCUT2D eigenvalue weighted by molar-refractivity contribution is 7.92. The molecule has 1 aliphatic heterocycles. The Morgan fingerprint density at radius 3 is 2.45 bits per heavy atom. The second kappa shape index (κ2) is 10.7. The zero-order chi connectivity index (χ0) is 24.0. The number of sulfonamides is 1. The first-order valence-electron chi connectivity index (χ1n) is 10.4. The molecule has 0 radical (unpaired) electrons. The molecule has 0 spiro atoms. The minimum Gasteiger partial charge on any atom is -0.352 e. The molecule has 2 aromatic rings. The number of amides is 2. The molecule has 176 valence electrons. The Kier molecular flexibility index (Phi) is 7.93. The van der Waals surface area contributed by atoms with E-state index in [1.54, 1.807) is 29.2 Å². The van der Waals surface area contributed by atoms with Crippen molar-refractivity contribution in [2.75, 3.05) is 19.6 Å². The van der Waals surface area contributed by atoms with E-state index in [-0.39, 0.29) is 37.2 Å². The molecule has 3 rings (SSSR count). The van der Waals surface area contributed by atoms with E-state index in [9.17, 15) is 26.8 Å². The molecule has 2 aromatic carbocycles. The number of hydrogen-bond donors (Lipinski definition) is 2. The van der Waals surface area contributed by atoms with Gasteiger partial charge in [0.2, 0.25) is 15.9 Å². The van der Waals surface area contributed by atoms with Crippen molar-refractivity contribution in [1.82, 2.24) is 14.9 Å². The van der Waals surface area contributed by atoms with Gasteiger partial charge >= 0.3 is 0 Å². The topological polar surface area (TPSA) is 95.6 Å². The van der Waals surface area contributed by atoms with Gasteiger partial charge in [0.05, 0.1) is 6.42 Å². The van der Waals surface area contributed by atoms with Gasteiger partial charge in [0.15, 0.2) is 11.6 Å². The van der Waals surface area contributed by atoms with E-state index in [0.717, 1.165) is 17.5 Å². The third-order valence-corrected chi connectivity index (χ3v) is 6.41. The highest BCUT2D eigenvalue weighted by Crippen LogP contribution is 2.19. The largest absolute Gasteiger partial charge is 0.352 e. The number of carbonyl (C=O) groups excluding carboxylic acids is 2. The minimum absolute atomic E-state index is 0.0289. The van der Waals surface area contributed by atoms with Crippen LogP contribution in [0.2, 0.25) is 0 Å². The number of hydrogen-bond acceptors (Lipinski definition) is 4. The summed E-state index contributed by atoms with van der Waals surface area (Å²) in [6, 6.07) is 10.1. The second-order valence-electron chi connectivity index (χ2n) is 7.86. The van der Waals surface area contributed by atoms with Crippen LogP contribution in [0, 0.1) is 17.6 Å². The molecule has 1 heterocycles. The Labute approximate surface area is 191 Å². The molecule has 0 unspecified atom stereocenters. The highest BCUT2D eigenvalue weighted by Gasteiger charge is 2.27. The third kappa shape index (κ3) is 6.93. The zero-order valence-electron chi connectivity index (χ0n) is 17.9. The second-order valence-corrected chi connectivity index (χ2v) is 9.58. The summed E-state index contributed by atoms with van der Waals surface area (Å²) < 4.78 is 51.6. The summed E-state index contributed by atoms with van der Waals surface area (Å²) in [7, 11) is -3.49. The van der Waals surface area contributed by atoms with Gasteiger partial charge < -0.3 is 10.2 Å². The van der Waals surface area contributed by atoms with Crippen molar-refractivity contribution >= 4 is 21.8 Å². The average Bonchev–Trinajstić information content (AvgIpc) is 3.28. The van der Waals surface area contributed by atoms with Gasteiger partial charge in [-0.15, -0.1) is 0 Å². The first-order valence-corrected chi connectivity index (χ1v) is 11.9. The van der Waals surface area contributed by atoms with Crippen molar-refractivity contribution in [3.8, 4) is 0 Å². The third-order valence-electron chi connectivity index (χ3n) is 5.40. The molecule has 0 saturated carbocycles. The Bertz CT molecular complexity index is 1140. The maximum atomic E-state index is 13.2. The van der Waals surface area contributed by atoms with Crippen LogP contribution >= 0.6 is 0 Å². The monoisotopic (exact) mass is 477 g/mol. The zero-order valence-corrected chi connectivity index (χ0v) is 18.7. The molecule has 1 fully saturated rings. The summed E-state index contributed by atoms with van der Waals surface area (Å²) in [5, 5.41) is 3.51. The standard InChI is InChI=1S/C23H25F2N3O4S/c1-2-33(31,32)27-14-18-9-10-28(15-18)23(30)19-6-3-16(4-7-19)12-22(29)26-13-17-5-8-20(24)21(25)11-17/h2-8,11,18,27H,1,9-10,12-15H2,(H,26,29)/t18-/m1/s1. The lowest BCUT2D eigenvalue weighted by atomic mass is 10.1. The number of likely N-dealkylation sites (tertiary alicyclic amines) is 1. The maximum Gasteiger partial charge on any atom is 0.253 e. The fourth-order valence-electron chi connectivity index (χ4n) is 3.52. The molecular formula is C23H25F2N3O4S. The number of nitrogens with zero attached hydrogens (tertiary/aromatic N) is 1. The first kappa shape index (κ1) is 24.5. The number of benzene rings is 2. The van der Waals surface area contributed by atoms with E-state index < -0.39 is 21.7 Å². The quantitative estimate of drug-likeness (QED) is 0.580. The van der Waals surface area contributed by atoms with Crippen LogP contribution in [0.15, 0.2) is 54.5 Å². The van der Waals surface area contributed by atoms with E-state index in [0.29, 0.717) is 36.2 Å². The van der Waals surface area contributed by atoms with E-state index in [4.69, 9.17) is 0 Å². The van der Waals surface area contributed by atoms with Crippen LogP contribution in [0.25, 0.3) is 0 Å². The predicted molar refractivity (Wildman–Crippen MR) is 119 cm³/mol. The Balaban J connectivity index is 1.48. The lowest BCUT2D eigenvalue weighted by Gasteiger charge is -2.17. The van der Waals surface area contributed by atoms with Gasteiger partial charge in [-0.1, -0.05) is 24.8 Å². The van der Waals surface area contributed by atoms with Crippen LogP contribution in [0.1, 0.15) is 27.9 Å². The van der Waals surface area contributed by atoms with Crippen LogP contribution in [0.5, 0.6) is 0 Å². The fourth-order valence-corrected chi connectivity index (χ4v) is 4.11. The summed E-state index contributed by atoms with van der Waals surface area (Å²) >= 11 is 0. The Morgan fingerprint density at radius 2 is 1.79 bits per heavy atom. The summed E-state index contributed by atoms with van der Waals surface area (Å²) in [4.78, 5) is 26.6. The molecule has 33 heavy (non-hydrogen) atoms. The van der Waals surface area contributed by atoms with Crippen LogP contribution in [0.3, 0.4) is 0 Å². The van der Waals surface area contributed by atoms with Crippen molar-refractivity contribution in [1.29, 1.82) is 0 Å². The van der Waals surface area contributed by atoms with Crippen molar-refractivity contribution in [3.05, 3.63) is 82.8 Å². The normalized spacial score (nSPS) is 15.9. The van der Waals surface area contributed by atoms with Gasteiger partial charge in [0.1, 0.15) is 0 Å². The molecule has 1 atom stereocenters. The smallest absolute Gasteiger partial charge is 0.253 e. The van der Waals surface area contributed by atoms with Crippen molar-refractivity contribution in [3.63, 3.8) is 0 Å². The van der Waals surface area contributed by atoms with Crippen LogP contribution in [0.4, 0.5) is 8.78 Å². The highest BCUT2D eigenvalue weighted by atomic mass is 32.2. The molecular weight excluding hydrogens is 452 g/mol. The number of rotatable bonds is 9. The van der Waals surface area contributed by atoms with E-state index in [1.807, 2.05) is 0 Å². The van der Waals surface area contributed by atoms with Gasteiger partial charge in [0, 0.05) is 37.2 Å². The molecule has 7 nitrogen and oxygen atoms in total. The van der Waals surface area contributed by atoms with Crippen molar-refractivity contribution in [2.45, 2.75) is 19.4 Å². The average molecular weight is 478 g/mol. The molecule has 1 aliphatic rings. The van der Waals surface area contributed by atoms with Crippen molar-refractivity contribution < 1.29 is 26.8 Å². The van der Waals surface area contributed by atoms with Crippen LogP contribution < -0.4 is 10.0 Å².